The quantitative estimate of drug-likeness (QED) is 0.319. The standard InChI is InChI=1S/C16H15FN2O4.2Na/c1-7-13(19-8(2)14(7)16(22)23)6-11(15(20)21)10-5-9(17)3-4-12(10)18;;/h3-6,19H,18H2,1-2H3,(H,20,21)(H,22,23);;/q;2*+1/p-2/b11-6-;;. The number of carbonyl (C=O) groups is 2. The van der Waals surface area contributed by atoms with Gasteiger partial charge in [0, 0.05) is 33.8 Å². The van der Waals surface area contributed by atoms with Crippen LogP contribution < -0.4 is 75.1 Å². The molecule has 120 valence electrons. The van der Waals surface area contributed by atoms with Crippen LogP contribution in [0.15, 0.2) is 18.2 Å². The van der Waals surface area contributed by atoms with Crippen molar-refractivity contribution < 1.29 is 83.3 Å². The first kappa shape index (κ1) is 23.9. The first-order valence-electron chi connectivity index (χ1n) is 6.61. The first-order chi connectivity index (χ1) is 10.7. The number of carbonyl (C=O) groups excluding carboxylic acids is 2. The number of hydrogen-bond donors (Lipinski definition) is 2. The number of carboxylic acids is 2. The van der Waals surface area contributed by atoms with Crippen LogP contribution in [0.4, 0.5) is 10.1 Å². The molecule has 0 aliphatic carbocycles. The zero-order valence-electron chi connectivity index (χ0n) is 14.4. The summed E-state index contributed by atoms with van der Waals surface area (Å²) in [5.74, 6) is -3.60. The first-order valence-corrected chi connectivity index (χ1v) is 6.61. The van der Waals surface area contributed by atoms with E-state index in [-0.39, 0.29) is 87.2 Å². The van der Waals surface area contributed by atoms with Crippen LogP contribution in [0.25, 0.3) is 11.6 Å². The summed E-state index contributed by atoms with van der Waals surface area (Å²) in [6.45, 7) is 3.02. The van der Waals surface area contributed by atoms with Crippen molar-refractivity contribution in [1.82, 2.24) is 4.98 Å². The van der Waals surface area contributed by atoms with Crippen LogP contribution in [0.1, 0.15) is 32.9 Å². The van der Waals surface area contributed by atoms with Crippen LogP contribution in [-0.2, 0) is 4.79 Å². The normalized spacial score (nSPS) is 10.6. The maximum absolute atomic E-state index is 13.4. The minimum Gasteiger partial charge on any atom is -0.545 e. The third-order valence-corrected chi connectivity index (χ3v) is 3.49. The number of aryl methyl sites for hydroxylation is 1. The third kappa shape index (κ3) is 5.20. The Morgan fingerprint density at radius 1 is 1.20 bits per heavy atom. The molecule has 2 aromatic rings. The SMILES string of the molecule is Cc1[nH]c(/C=C(\C(=O)[O-])c2cc(F)ccc2N)c(C)c1C(=O)[O-].[Na+].[Na+]. The van der Waals surface area contributed by atoms with Gasteiger partial charge in [-0.15, -0.1) is 0 Å². The van der Waals surface area contributed by atoms with Crippen molar-refractivity contribution in [3.8, 4) is 0 Å². The Kier molecular flexibility index (Phi) is 9.15. The summed E-state index contributed by atoms with van der Waals surface area (Å²) in [6.07, 6.45) is 1.16. The number of carboxylic acid groups (broad SMARTS) is 2. The van der Waals surface area contributed by atoms with Gasteiger partial charge in [-0.1, -0.05) is 0 Å². The van der Waals surface area contributed by atoms with E-state index >= 15 is 0 Å². The van der Waals surface area contributed by atoms with E-state index < -0.39 is 17.8 Å². The number of benzene rings is 1. The summed E-state index contributed by atoms with van der Waals surface area (Å²) < 4.78 is 13.4. The Morgan fingerprint density at radius 2 is 1.80 bits per heavy atom. The zero-order valence-corrected chi connectivity index (χ0v) is 18.4. The van der Waals surface area contributed by atoms with E-state index in [2.05, 4.69) is 4.98 Å². The number of anilines is 1. The molecule has 1 aromatic heterocycles. The monoisotopic (exact) mass is 362 g/mol. The molecule has 0 saturated heterocycles. The fourth-order valence-corrected chi connectivity index (χ4v) is 2.38. The third-order valence-electron chi connectivity index (χ3n) is 3.49. The van der Waals surface area contributed by atoms with Gasteiger partial charge >= 0.3 is 59.1 Å². The predicted molar refractivity (Wildman–Crippen MR) is 78.3 cm³/mol. The summed E-state index contributed by atoms with van der Waals surface area (Å²) in [4.78, 5) is 25.3. The minimum absolute atomic E-state index is 0. The fraction of sp³-hybridized carbons (Fsp3) is 0.125. The molecule has 1 heterocycles. The fourth-order valence-electron chi connectivity index (χ4n) is 2.38. The Labute approximate surface area is 187 Å². The molecule has 0 radical (unpaired) electrons. The van der Waals surface area contributed by atoms with Crippen molar-refractivity contribution in [1.29, 1.82) is 0 Å². The van der Waals surface area contributed by atoms with Crippen LogP contribution in [0.5, 0.6) is 0 Å². The Hall–Kier alpha value is -1.09. The van der Waals surface area contributed by atoms with Gasteiger partial charge in [0.2, 0.25) is 0 Å². The number of H-pyrrole nitrogens is 1. The molecular weight excluding hydrogens is 349 g/mol. The summed E-state index contributed by atoms with van der Waals surface area (Å²) in [5.41, 5.74) is 6.14. The van der Waals surface area contributed by atoms with Crippen molar-refractivity contribution in [3.63, 3.8) is 0 Å². The maximum atomic E-state index is 13.4. The number of aliphatic carboxylic acids is 1. The van der Waals surface area contributed by atoms with Crippen LogP contribution in [0.2, 0.25) is 0 Å². The van der Waals surface area contributed by atoms with Gasteiger partial charge in [0.25, 0.3) is 0 Å². The predicted octanol–water partition coefficient (Wildman–Crippen LogP) is -5.99. The number of aromatic carboxylic acids is 1. The molecule has 0 saturated carbocycles. The Balaban J connectivity index is 0.00000288. The second-order valence-electron chi connectivity index (χ2n) is 5.03. The number of aromatic nitrogens is 1. The van der Waals surface area contributed by atoms with E-state index in [9.17, 15) is 24.2 Å². The number of halogens is 1. The van der Waals surface area contributed by atoms with Crippen LogP contribution in [-0.4, -0.2) is 16.9 Å². The molecule has 2 rings (SSSR count). The molecular formula is C16H13FN2Na2O4. The van der Waals surface area contributed by atoms with Gasteiger partial charge < -0.3 is 30.5 Å². The summed E-state index contributed by atoms with van der Waals surface area (Å²) in [5, 5.41) is 22.5. The largest absolute Gasteiger partial charge is 1.00 e. The molecule has 0 fully saturated rings. The molecule has 25 heavy (non-hydrogen) atoms. The smallest absolute Gasteiger partial charge is 0.545 e. The van der Waals surface area contributed by atoms with Gasteiger partial charge in [-0.2, -0.15) is 0 Å². The van der Waals surface area contributed by atoms with Crippen molar-refractivity contribution in [2.24, 2.45) is 0 Å². The molecule has 0 amide bonds. The number of aromatic amines is 1. The number of nitrogens with two attached hydrogens (primary N) is 1. The molecule has 3 N–H and O–H groups in total. The number of nitrogens with one attached hydrogen (secondary N) is 1. The maximum Gasteiger partial charge on any atom is 1.00 e. The zero-order chi connectivity index (χ0) is 17.3. The van der Waals surface area contributed by atoms with Crippen LogP contribution >= 0.6 is 0 Å². The van der Waals surface area contributed by atoms with Crippen molar-refractivity contribution in [3.05, 3.63) is 52.1 Å². The second-order valence-corrected chi connectivity index (χ2v) is 5.03. The second kappa shape index (κ2) is 9.56. The molecule has 0 spiro atoms. The van der Waals surface area contributed by atoms with Crippen LogP contribution in [0, 0.1) is 19.7 Å². The molecule has 0 aliphatic heterocycles. The van der Waals surface area contributed by atoms with E-state index in [0.29, 0.717) is 11.3 Å². The van der Waals surface area contributed by atoms with E-state index in [1.165, 1.54) is 19.9 Å². The number of rotatable bonds is 4. The van der Waals surface area contributed by atoms with Gasteiger partial charge in [-0.05, 0) is 43.7 Å². The topological polar surface area (TPSA) is 122 Å². The Bertz CT molecular complexity index is 847. The van der Waals surface area contributed by atoms with E-state index in [0.717, 1.165) is 18.2 Å². The number of hydrogen-bond acceptors (Lipinski definition) is 5. The average Bonchev–Trinajstić information content (AvgIpc) is 2.73. The molecule has 1 aromatic carbocycles. The van der Waals surface area contributed by atoms with Gasteiger partial charge in [-0.3, -0.25) is 0 Å². The van der Waals surface area contributed by atoms with E-state index in [1.54, 1.807) is 0 Å². The van der Waals surface area contributed by atoms with E-state index in [4.69, 9.17) is 5.73 Å². The van der Waals surface area contributed by atoms with Crippen LogP contribution in [0.3, 0.4) is 0 Å². The minimum atomic E-state index is -1.57. The summed E-state index contributed by atoms with van der Waals surface area (Å²) in [7, 11) is 0. The number of nitrogen functional groups attached to an aromatic ring is 1. The van der Waals surface area contributed by atoms with Crippen molar-refractivity contribution >= 4 is 29.3 Å². The molecule has 0 aliphatic rings. The summed E-state index contributed by atoms with van der Waals surface area (Å²) >= 11 is 0. The van der Waals surface area contributed by atoms with Gasteiger partial charge in [-0.25, -0.2) is 4.39 Å². The van der Waals surface area contributed by atoms with E-state index in [1.807, 2.05) is 0 Å². The van der Waals surface area contributed by atoms with Gasteiger partial charge in [0.15, 0.2) is 0 Å². The Morgan fingerprint density at radius 3 is 2.28 bits per heavy atom. The van der Waals surface area contributed by atoms with Crippen molar-refractivity contribution in [2.75, 3.05) is 5.73 Å². The molecule has 0 atom stereocenters. The molecule has 9 heteroatoms. The van der Waals surface area contributed by atoms with Crippen molar-refractivity contribution in [2.45, 2.75) is 13.8 Å². The van der Waals surface area contributed by atoms with Gasteiger partial charge in [0.05, 0.1) is 11.9 Å². The molecule has 6 nitrogen and oxygen atoms in total. The van der Waals surface area contributed by atoms with Gasteiger partial charge in [0.1, 0.15) is 5.82 Å². The molecule has 0 bridgehead atoms. The molecule has 0 unspecified atom stereocenters. The summed E-state index contributed by atoms with van der Waals surface area (Å²) in [6, 6.07) is 3.31. The average molecular weight is 362 g/mol.